The SMILES string of the molecule is O=C(OCc1ccc(CO)s1)[C]12[CH]3[CH]4[CH]5[CH]1[Fe]45321678[CH]2[CH]1[CH]6[C]7(C(=O)OCc1ccc(CO)s1)[CH]28. The van der Waals surface area contributed by atoms with E-state index in [1.165, 1.54) is 22.7 Å². The van der Waals surface area contributed by atoms with Crippen LogP contribution in [0.2, 0.25) is 47.2 Å². The van der Waals surface area contributed by atoms with Crippen molar-refractivity contribution in [2.75, 3.05) is 0 Å². The van der Waals surface area contributed by atoms with Gasteiger partial charge in [-0.1, -0.05) is 0 Å². The summed E-state index contributed by atoms with van der Waals surface area (Å²) in [6.07, 6.45) is 0. The van der Waals surface area contributed by atoms with Crippen molar-refractivity contribution >= 4 is 34.6 Å². The van der Waals surface area contributed by atoms with Gasteiger partial charge in [-0.15, -0.1) is 0 Å². The van der Waals surface area contributed by atoms with Gasteiger partial charge in [0.05, 0.1) is 0 Å². The summed E-state index contributed by atoms with van der Waals surface area (Å²) >= 11 is 3.00. The van der Waals surface area contributed by atoms with Crippen LogP contribution in [0.1, 0.15) is 19.5 Å². The minimum absolute atomic E-state index is 0.0150. The Bertz CT molecular complexity index is 1680. The molecular weight excluding hydrogens is 504 g/mol. The summed E-state index contributed by atoms with van der Waals surface area (Å²) < 4.78 is 11.7. The first-order chi connectivity index (χ1) is 15.8. The molecule has 1 spiro atoms. The molecule has 2 aromatic rings. The van der Waals surface area contributed by atoms with Gasteiger partial charge >= 0.3 is 188 Å². The summed E-state index contributed by atoms with van der Waals surface area (Å²) in [6.45, 7) is -3.71. The Morgan fingerprint density at radius 1 is 0.727 bits per heavy atom. The van der Waals surface area contributed by atoms with Gasteiger partial charge in [0.2, 0.25) is 0 Å². The molecule has 9 heteroatoms. The zero-order valence-electron chi connectivity index (χ0n) is 17.5. The normalized spacial score (nSPS) is 69.0. The van der Waals surface area contributed by atoms with Gasteiger partial charge in [-0.3, -0.25) is 0 Å². The summed E-state index contributed by atoms with van der Waals surface area (Å²) in [6, 6.07) is 7.66. The monoisotopic (exact) mass is 526 g/mol. The van der Waals surface area contributed by atoms with Crippen LogP contribution in [-0.4, -0.2) is 22.2 Å². The van der Waals surface area contributed by atoms with Crippen molar-refractivity contribution in [3.8, 4) is 0 Å². The molecule has 0 amide bonds. The van der Waals surface area contributed by atoms with Crippen molar-refractivity contribution in [3.05, 3.63) is 43.8 Å². The Labute approximate surface area is 187 Å². The van der Waals surface area contributed by atoms with Crippen LogP contribution in [0, 0.1) is 0 Å². The van der Waals surface area contributed by atoms with E-state index >= 15 is 0 Å². The molecule has 0 saturated carbocycles. The van der Waals surface area contributed by atoms with Crippen LogP contribution >= 0.6 is 22.7 Å². The van der Waals surface area contributed by atoms with Gasteiger partial charge in [-0.2, -0.15) is 0 Å². The molecule has 33 heavy (non-hydrogen) atoms. The van der Waals surface area contributed by atoms with Crippen molar-refractivity contribution in [3.63, 3.8) is 0 Å². The van der Waals surface area contributed by atoms with E-state index in [9.17, 15) is 19.8 Å². The van der Waals surface area contributed by atoms with Crippen molar-refractivity contribution in [1.29, 1.82) is 0 Å². The van der Waals surface area contributed by atoms with Crippen LogP contribution < -0.4 is 0 Å². The molecule has 12 rings (SSSR count). The summed E-state index contributed by atoms with van der Waals surface area (Å²) in [5, 5.41) is 18.6. The van der Waals surface area contributed by atoms with E-state index in [-0.39, 0.29) is 33.8 Å². The van der Waals surface area contributed by atoms with Gasteiger partial charge in [0.25, 0.3) is 0 Å². The Hall–Kier alpha value is -1.22. The molecular formula is C24H22FeO6S2. The number of rotatable bonds is 8. The zero-order valence-corrected chi connectivity index (χ0v) is 20.2. The molecule has 10 aliphatic rings. The van der Waals surface area contributed by atoms with Gasteiger partial charge in [-0.05, 0) is 0 Å². The van der Waals surface area contributed by atoms with Crippen molar-refractivity contribution in [1.82, 2.24) is 0 Å². The van der Waals surface area contributed by atoms with Crippen LogP contribution in [0.3, 0.4) is 0 Å². The van der Waals surface area contributed by atoms with E-state index in [4.69, 9.17) is 9.47 Å². The van der Waals surface area contributed by atoms with Gasteiger partial charge in [0.15, 0.2) is 0 Å². The number of aliphatic hydroxyl groups is 2. The van der Waals surface area contributed by atoms with Gasteiger partial charge < -0.3 is 0 Å². The predicted molar refractivity (Wildman–Crippen MR) is 115 cm³/mol. The molecule has 0 bridgehead atoms. The van der Waals surface area contributed by atoms with Crippen molar-refractivity contribution in [2.45, 2.75) is 73.6 Å². The van der Waals surface area contributed by atoms with Gasteiger partial charge in [-0.25, -0.2) is 0 Å². The van der Waals surface area contributed by atoms with Gasteiger partial charge in [0, 0.05) is 0 Å². The van der Waals surface area contributed by atoms with Crippen LogP contribution in [0.4, 0.5) is 0 Å². The molecule has 10 saturated heterocycles. The molecule has 8 unspecified atom stereocenters. The molecule has 12 heterocycles. The Kier molecular flexibility index (Phi) is 1.13. The molecule has 8 atom stereocenters. The number of hydrogen-bond donors (Lipinski definition) is 2. The third-order valence-corrected chi connectivity index (χ3v) is 62.6. The summed E-state index contributed by atoms with van der Waals surface area (Å²) in [7, 11) is 0. The fourth-order valence-corrected chi connectivity index (χ4v) is 95.8. The second-order valence-electron chi connectivity index (χ2n) is 14.0. The number of esters is 2. The van der Waals surface area contributed by atoms with E-state index in [0.29, 0.717) is 32.5 Å². The average Bonchev–Trinajstić information content (AvgIpc) is 3.67. The fraction of sp³-hybridized carbons (Fsp3) is 0.583. The second kappa shape index (κ2) is 2.26. The molecule has 10 fully saturated rings. The maximum absolute atomic E-state index is 13.8. The Morgan fingerprint density at radius 3 is 1.39 bits per heavy atom. The quantitative estimate of drug-likeness (QED) is 0.383. The number of thiophene rings is 2. The van der Waals surface area contributed by atoms with Gasteiger partial charge in [0.1, 0.15) is 0 Å². The molecule has 2 N–H and O–H groups in total. The van der Waals surface area contributed by atoms with Crippen LogP contribution in [0.5, 0.6) is 0 Å². The first kappa shape index (κ1) is 16.5. The molecule has 0 aliphatic carbocycles. The summed E-state index contributed by atoms with van der Waals surface area (Å²) in [5.41, 5.74) is 0. The van der Waals surface area contributed by atoms with E-state index < -0.39 is 6.51 Å². The minimum atomic E-state index is -4.33. The fourth-order valence-electron chi connectivity index (χ4n) is 19.3. The molecule has 0 aromatic carbocycles. The zero-order chi connectivity index (χ0) is 21.9. The average molecular weight is 526 g/mol. The van der Waals surface area contributed by atoms with E-state index in [0.717, 1.165) is 38.8 Å². The first-order valence-electron chi connectivity index (χ1n) is 11.7. The molecule has 2 aromatic heterocycles. The number of hydrogen-bond acceptors (Lipinski definition) is 8. The second-order valence-corrected chi connectivity index (χ2v) is 39.7. The molecule has 0 radical (unpaired) electrons. The van der Waals surface area contributed by atoms with E-state index in [2.05, 4.69) is 0 Å². The molecule has 10 aliphatic heterocycles. The number of fused-ring (bicyclic) bond motifs is 10. The topological polar surface area (TPSA) is 93.1 Å². The molecule has 174 valence electrons. The summed E-state index contributed by atoms with van der Waals surface area (Å²) in [4.78, 5) is 36.8. The van der Waals surface area contributed by atoms with Crippen LogP contribution in [-0.2, 0) is 52.0 Å². The maximum atomic E-state index is 13.8. The number of aliphatic hydroxyl groups excluding tert-OH is 2. The standard InChI is InChI=1S/2C12H11O3S.Fe/c2*13-7-10-5-6-11(16-10)8-15-12(14)9-3-1-2-4-9;/h2*1-6,13H,7-8H2;. The summed E-state index contributed by atoms with van der Waals surface area (Å²) in [5.74, 6) is 0.0944. The van der Waals surface area contributed by atoms with Crippen LogP contribution in [0.25, 0.3) is 0 Å². The number of ether oxygens (including phenoxy) is 2. The third kappa shape index (κ3) is 0.353. The van der Waals surface area contributed by atoms with Crippen molar-refractivity contribution < 1.29 is 35.8 Å². The first-order valence-corrected chi connectivity index (χ1v) is 19.6. The van der Waals surface area contributed by atoms with E-state index in [1.807, 2.05) is 24.3 Å². The number of carbonyl (C=O) groups is 2. The van der Waals surface area contributed by atoms with Crippen molar-refractivity contribution in [2.24, 2.45) is 0 Å². The molecule has 6 nitrogen and oxygen atoms in total. The Balaban J connectivity index is 0.930. The predicted octanol–water partition coefficient (Wildman–Crippen LogP) is 4.71. The van der Waals surface area contributed by atoms with E-state index in [1.54, 1.807) is 0 Å². The van der Waals surface area contributed by atoms with Crippen LogP contribution in [0.15, 0.2) is 24.3 Å². The number of carbonyl (C=O) groups excluding carboxylic acids is 2. The third-order valence-electron chi connectivity index (χ3n) is 17.9. The Morgan fingerprint density at radius 2 is 1.09 bits per heavy atom.